The van der Waals surface area contributed by atoms with E-state index in [1.54, 1.807) is 38.3 Å². The van der Waals surface area contributed by atoms with Crippen LogP contribution < -0.4 is 19.8 Å². The molecule has 3 rings (SSSR count). The molecule has 1 aromatic carbocycles. The van der Waals surface area contributed by atoms with Crippen molar-refractivity contribution in [1.82, 2.24) is 0 Å². The maximum absolute atomic E-state index is 12.2. The van der Waals surface area contributed by atoms with E-state index in [9.17, 15) is 9.59 Å². The number of hydrogen-bond acceptors (Lipinski definition) is 6. The van der Waals surface area contributed by atoms with Gasteiger partial charge in [-0.1, -0.05) is 6.07 Å². The lowest BCUT2D eigenvalue weighted by molar-refractivity contribution is -0.135. The first-order valence-corrected chi connectivity index (χ1v) is 7.10. The van der Waals surface area contributed by atoms with Crippen molar-refractivity contribution in [3.63, 3.8) is 0 Å². The molecule has 0 bridgehead atoms. The molecule has 23 heavy (non-hydrogen) atoms. The number of fused-ring (bicyclic) bond motifs is 1. The molecule has 2 aromatic rings. The largest absolute Gasteiger partial charge is 0.493 e. The minimum absolute atomic E-state index is 0.0658. The van der Waals surface area contributed by atoms with Gasteiger partial charge in [0.2, 0.25) is 0 Å². The Morgan fingerprint density at radius 3 is 2.52 bits per heavy atom. The normalized spacial score (nSPS) is 16.5. The predicted octanol–water partition coefficient (Wildman–Crippen LogP) is 2.41. The average molecular weight is 316 g/mol. The van der Waals surface area contributed by atoms with Gasteiger partial charge in [0.05, 0.1) is 26.2 Å². The third kappa shape index (κ3) is 2.67. The van der Waals surface area contributed by atoms with E-state index in [4.69, 9.17) is 18.6 Å². The first-order chi connectivity index (χ1) is 11.0. The standard InChI is InChI=1S/C17H16O6/c1-9-6-14-16(17(19)22-9)11(8-15(18)23-14)10-4-5-12(20-2)13(7-10)21-3/h4-7,11H,8H2,1-3H3/t11-/m1/s1. The summed E-state index contributed by atoms with van der Waals surface area (Å²) in [5, 5.41) is 0. The molecule has 120 valence electrons. The molecule has 1 aliphatic heterocycles. The van der Waals surface area contributed by atoms with Gasteiger partial charge in [0, 0.05) is 12.0 Å². The second kappa shape index (κ2) is 5.79. The molecule has 0 N–H and O–H groups in total. The highest BCUT2D eigenvalue weighted by Gasteiger charge is 2.32. The highest BCUT2D eigenvalue weighted by Crippen LogP contribution is 2.39. The fourth-order valence-corrected chi connectivity index (χ4v) is 2.78. The van der Waals surface area contributed by atoms with Crippen molar-refractivity contribution in [3.8, 4) is 17.2 Å². The van der Waals surface area contributed by atoms with Crippen LogP contribution in [0.25, 0.3) is 0 Å². The maximum Gasteiger partial charge on any atom is 0.343 e. The van der Waals surface area contributed by atoms with Gasteiger partial charge in [0.1, 0.15) is 11.5 Å². The number of esters is 1. The topological polar surface area (TPSA) is 75.0 Å². The van der Waals surface area contributed by atoms with Crippen molar-refractivity contribution >= 4 is 5.97 Å². The quantitative estimate of drug-likeness (QED) is 0.810. The lowest BCUT2D eigenvalue weighted by Crippen LogP contribution is -2.26. The molecule has 0 fully saturated rings. The molecule has 0 unspecified atom stereocenters. The van der Waals surface area contributed by atoms with Crippen molar-refractivity contribution in [1.29, 1.82) is 0 Å². The summed E-state index contributed by atoms with van der Waals surface area (Å²) >= 11 is 0. The van der Waals surface area contributed by atoms with Gasteiger partial charge in [-0.2, -0.15) is 0 Å². The van der Waals surface area contributed by atoms with Gasteiger partial charge < -0.3 is 18.6 Å². The minimum Gasteiger partial charge on any atom is -0.493 e. The molecule has 0 saturated heterocycles. The molecule has 0 radical (unpaired) electrons. The summed E-state index contributed by atoms with van der Waals surface area (Å²) < 4.78 is 20.9. The number of carbonyl (C=O) groups excluding carboxylic acids is 1. The highest BCUT2D eigenvalue weighted by molar-refractivity contribution is 5.77. The average Bonchev–Trinajstić information content (AvgIpc) is 2.52. The van der Waals surface area contributed by atoms with Crippen LogP contribution in [0.3, 0.4) is 0 Å². The Labute approximate surface area is 132 Å². The molecule has 1 aromatic heterocycles. The number of ether oxygens (including phenoxy) is 3. The Morgan fingerprint density at radius 2 is 1.83 bits per heavy atom. The SMILES string of the molecule is COc1ccc([C@H]2CC(=O)Oc3cc(C)oc(=O)c32)cc1OC. The van der Waals surface area contributed by atoms with Gasteiger partial charge in [0.15, 0.2) is 11.5 Å². The third-order valence-corrected chi connectivity index (χ3v) is 3.83. The zero-order valence-electron chi connectivity index (χ0n) is 13.0. The molecular weight excluding hydrogens is 300 g/mol. The van der Waals surface area contributed by atoms with Crippen molar-refractivity contribution in [3.05, 3.63) is 51.6 Å². The van der Waals surface area contributed by atoms with Gasteiger partial charge in [-0.3, -0.25) is 4.79 Å². The third-order valence-electron chi connectivity index (χ3n) is 3.83. The van der Waals surface area contributed by atoms with Crippen molar-refractivity contribution < 1.29 is 23.4 Å². The van der Waals surface area contributed by atoms with Crippen molar-refractivity contribution in [2.24, 2.45) is 0 Å². The van der Waals surface area contributed by atoms with Crippen LogP contribution in [-0.2, 0) is 4.79 Å². The van der Waals surface area contributed by atoms with Crippen LogP contribution in [-0.4, -0.2) is 20.2 Å². The lowest BCUT2D eigenvalue weighted by atomic mass is 9.87. The zero-order chi connectivity index (χ0) is 16.6. The number of aryl methyl sites for hydroxylation is 1. The van der Waals surface area contributed by atoms with Gasteiger partial charge in [0.25, 0.3) is 0 Å². The predicted molar refractivity (Wildman–Crippen MR) is 81.4 cm³/mol. The van der Waals surface area contributed by atoms with Gasteiger partial charge in [-0.25, -0.2) is 4.79 Å². The van der Waals surface area contributed by atoms with Crippen molar-refractivity contribution in [2.45, 2.75) is 19.3 Å². The smallest absolute Gasteiger partial charge is 0.343 e. The summed E-state index contributed by atoms with van der Waals surface area (Å²) in [6.07, 6.45) is 0.0658. The summed E-state index contributed by atoms with van der Waals surface area (Å²) in [7, 11) is 3.07. The number of benzene rings is 1. The van der Waals surface area contributed by atoms with Crippen LogP contribution >= 0.6 is 0 Å². The second-order valence-electron chi connectivity index (χ2n) is 5.27. The Hall–Kier alpha value is -2.76. The molecule has 1 atom stereocenters. The van der Waals surface area contributed by atoms with E-state index in [-0.39, 0.29) is 18.1 Å². The number of rotatable bonds is 3. The first kappa shape index (κ1) is 15.1. The van der Waals surface area contributed by atoms with Crippen LogP contribution in [0.4, 0.5) is 0 Å². The van der Waals surface area contributed by atoms with E-state index in [1.807, 2.05) is 0 Å². The summed E-state index contributed by atoms with van der Waals surface area (Å²) in [4.78, 5) is 24.1. The first-order valence-electron chi connectivity index (χ1n) is 7.10. The van der Waals surface area contributed by atoms with Crippen LogP contribution in [0, 0.1) is 6.92 Å². The number of carbonyl (C=O) groups is 1. The van der Waals surface area contributed by atoms with E-state index in [1.165, 1.54) is 7.11 Å². The lowest BCUT2D eigenvalue weighted by Gasteiger charge is -2.24. The van der Waals surface area contributed by atoms with Crippen LogP contribution in [0.5, 0.6) is 17.2 Å². The number of methoxy groups -OCH3 is 2. The van der Waals surface area contributed by atoms with Crippen molar-refractivity contribution in [2.75, 3.05) is 14.2 Å². The second-order valence-corrected chi connectivity index (χ2v) is 5.27. The summed E-state index contributed by atoms with van der Waals surface area (Å²) in [6, 6.07) is 6.85. The van der Waals surface area contributed by atoms with Gasteiger partial charge in [-0.15, -0.1) is 0 Å². The van der Waals surface area contributed by atoms with Gasteiger partial charge in [-0.05, 0) is 24.6 Å². The highest BCUT2D eigenvalue weighted by atomic mass is 16.5. The Balaban J connectivity index is 2.15. The summed E-state index contributed by atoms with van der Waals surface area (Å²) in [5.74, 6) is 0.933. The molecule has 0 saturated carbocycles. The molecule has 0 spiro atoms. The van der Waals surface area contributed by atoms with E-state index < -0.39 is 11.5 Å². The molecular formula is C17H16O6. The molecule has 0 aliphatic carbocycles. The van der Waals surface area contributed by atoms with E-state index in [2.05, 4.69) is 0 Å². The van der Waals surface area contributed by atoms with Crippen LogP contribution in [0.15, 0.2) is 33.5 Å². The molecule has 2 heterocycles. The van der Waals surface area contributed by atoms with E-state index in [0.29, 0.717) is 22.8 Å². The Bertz CT molecular complexity index is 820. The molecule has 6 heteroatoms. The van der Waals surface area contributed by atoms with Crippen LogP contribution in [0.2, 0.25) is 0 Å². The monoisotopic (exact) mass is 316 g/mol. The fraction of sp³-hybridized carbons (Fsp3) is 0.294. The molecule has 0 amide bonds. The molecule has 6 nitrogen and oxygen atoms in total. The minimum atomic E-state index is -0.493. The molecule has 1 aliphatic rings. The Morgan fingerprint density at radius 1 is 1.09 bits per heavy atom. The van der Waals surface area contributed by atoms with E-state index in [0.717, 1.165) is 5.56 Å². The maximum atomic E-state index is 12.2. The van der Waals surface area contributed by atoms with Crippen LogP contribution in [0.1, 0.15) is 29.2 Å². The number of hydrogen-bond donors (Lipinski definition) is 0. The van der Waals surface area contributed by atoms with Gasteiger partial charge >= 0.3 is 11.6 Å². The Kier molecular flexibility index (Phi) is 3.82. The fourth-order valence-electron chi connectivity index (χ4n) is 2.78. The summed E-state index contributed by atoms with van der Waals surface area (Å²) in [6.45, 7) is 1.63. The zero-order valence-corrected chi connectivity index (χ0v) is 13.0. The van der Waals surface area contributed by atoms with E-state index >= 15 is 0 Å². The summed E-state index contributed by atoms with van der Waals surface area (Å²) in [5.41, 5.74) is 0.617.